The number of primary amides is 1. The van der Waals surface area contributed by atoms with Gasteiger partial charge in [0.2, 0.25) is 0 Å². The van der Waals surface area contributed by atoms with Gasteiger partial charge in [0.25, 0.3) is 0 Å². The standard InChI is InChI=1S/C8H16N2O3S/c1-14(12,13)6-7-3-2-4-10(5-7)8(9)11/h7H,2-6H2,1H3,(H2,9,11). The molecule has 2 amide bonds. The molecule has 6 heteroatoms. The van der Waals surface area contributed by atoms with Gasteiger partial charge in [-0.2, -0.15) is 0 Å². The number of amides is 2. The van der Waals surface area contributed by atoms with Crippen molar-refractivity contribution in [1.29, 1.82) is 0 Å². The van der Waals surface area contributed by atoms with Gasteiger partial charge in [-0.1, -0.05) is 0 Å². The summed E-state index contributed by atoms with van der Waals surface area (Å²) in [7, 11) is -2.95. The molecule has 1 atom stereocenters. The van der Waals surface area contributed by atoms with Gasteiger partial charge in [0.1, 0.15) is 9.84 Å². The minimum atomic E-state index is -2.95. The molecule has 0 aromatic rings. The molecule has 14 heavy (non-hydrogen) atoms. The molecule has 1 aliphatic rings. The topological polar surface area (TPSA) is 80.5 Å². The minimum absolute atomic E-state index is 0.0475. The van der Waals surface area contributed by atoms with Gasteiger partial charge in [-0.3, -0.25) is 0 Å². The Morgan fingerprint density at radius 3 is 2.71 bits per heavy atom. The fourth-order valence-electron chi connectivity index (χ4n) is 1.83. The molecule has 0 spiro atoms. The molecule has 5 nitrogen and oxygen atoms in total. The molecular formula is C8H16N2O3S. The van der Waals surface area contributed by atoms with Gasteiger partial charge in [0.05, 0.1) is 5.75 Å². The Hall–Kier alpha value is -0.780. The molecule has 1 heterocycles. The van der Waals surface area contributed by atoms with E-state index in [2.05, 4.69) is 0 Å². The van der Waals surface area contributed by atoms with Crippen molar-refractivity contribution in [3.05, 3.63) is 0 Å². The fraction of sp³-hybridized carbons (Fsp3) is 0.875. The number of urea groups is 1. The molecule has 0 aromatic heterocycles. The molecule has 0 aromatic carbocycles. The van der Waals surface area contributed by atoms with Gasteiger partial charge >= 0.3 is 6.03 Å². The van der Waals surface area contributed by atoms with Crippen LogP contribution in [0.3, 0.4) is 0 Å². The number of carbonyl (C=O) groups is 1. The summed E-state index contributed by atoms with van der Waals surface area (Å²) in [5.41, 5.74) is 5.13. The van der Waals surface area contributed by atoms with Gasteiger partial charge in [-0.05, 0) is 18.8 Å². The van der Waals surface area contributed by atoms with E-state index in [4.69, 9.17) is 5.73 Å². The van der Waals surface area contributed by atoms with Crippen LogP contribution in [0.1, 0.15) is 12.8 Å². The number of hydrogen-bond acceptors (Lipinski definition) is 3. The molecule has 0 radical (unpaired) electrons. The smallest absolute Gasteiger partial charge is 0.314 e. The van der Waals surface area contributed by atoms with Crippen molar-refractivity contribution >= 4 is 15.9 Å². The van der Waals surface area contributed by atoms with Crippen LogP contribution in [-0.2, 0) is 9.84 Å². The van der Waals surface area contributed by atoms with Crippen molar-refractivity contribution in [3.8, 4) is 0 Å². The summed E-state index contributed by atoms with van der Waals surface area (Å²) >= 11 is 0. The van der Waals surface area contributed by atoms with Crippen LogP contribution in [0.15, 0.2) is 0 Å². The molecule has 1 fully saturated rings. The van der Waals surface area contributed by atoms with Gasteiger partial charge in [0.15, 0.2) is 0 Å². The van der Waals surface area contributed by atoms with E-state index < -0.39 is 15.9 Å². The highest BCUT2D eigenvalue weighted by atomic mass is 32.2. The molecule has 2 N–H and O–H groups in total. The number of piperidine rings is 1. The molecular weight excluding hydrogens is 204 g/mol. The summed E-state index contributed by atoms with van der Waals surface area (Å²) in [5.74, 6) is 0.197. The van der Waals surface area contributed by atoms with Crippen LogP contribution >= 0.6 is 0 Å². The lowest BCUT2D eigenvalue weighted by Crippen LogP contribution is -2.44. The zero-order valence-corrected chi connectivity index (χ0v) is 9.09. The third-order valence-electron chi connectivity index (χ3n) is 2.37. The predicted octanol–water partition coefficient (Wildman–Crippen LogP) is -0.178. The van der Waals surface area contributed by atoms with Crippen molar-refractivity contribution in [1.82, 2.24) is 4.90 Å². The van der Waals surface area contributed by atoms with Crippen LogP contribution in [-0.4, -0.2) is 44.4 Å². The SMILES string of the molecule is CS(=O)(=O)CC1CCCN(C(N)=O)C1. The van der Waals surface area contributed by atoms with Crippen molar-refractivity contribution in [2.45, 2.75) is 12.8 Å². The van der Waals surface area contributed by atoms with Crippen molar-refractivity contribution in [3.63, 3.8) is 0 Å². The van der Waals surface area contributed by atoms with E-state index in [0.29, 0.717) is 13.1 Å². The first kappa shape index (κ1) is 11.3. The van der Waals surface area contributed by atoms with Gasteiger partial charge in [-0.15, -0.1) is 0 Å². The minimum Gasteiger partial charge on any atom is -0.351 e. The monoisotopic (exact) mass is 220 g/mol. The van der Waals surface area contributed by atoms with Crippen LogP contribution < -0.4 is 5.73 Å². The van der Waals surface area contributed by atoms with E-state index in [1.54, 1.807) is 0 Å². The molecule has 0 aliphatic carbocycles. The molecule has 0 saturated carbocycles. The van der Waals surface area contributed by atoms with Crippen molar-refractivity contribution in [2.75, 3.05) is 25.1 Å². The van der Waals surface area contributed by atoms with E-state index in [1.807, 2.05) is 0 Å². The Morgan fingerprint density at radius 1 is 1.57 bits per heavy atom. The number of rotatable bonds is 2. The molecule has 0 bridgehead atoms. The number of hydrogen-bond donors (Lipinski definition) is 1. The van der Waals surface area contributed by atoms with E-state index in [9.17, 15) is 13.2 Å². The summed E-state index contributed by atoms with van der Waals surface area (Å²) < 4.78 is 22.1. The van der Waals surface area contributed by atoms with Crippen LogP contribution in [0.5, 0.6) is 0 Å². The molecule has 1 saturated heterocycles. The molecule has 1 rings (SSSR count). The second-order valence-corrected chi connectivity index (χ2v) is 6.07. The van der Waals surface area contributed by atoms with Gasteiger partial charge in [-0.25, -0.2) is 13.2 Å². The van der Waals surface area contributed by atoms with E-state index >= 15 is 0 Å². The lowest BCUT2D eigenvalue weighted by molar-refractivity contribution is 0.179. The average Bonchev–Trinajstić information content (AvgIpc) is 2.01. The Bertz CT molecular complexity index is 313. The maximum atomic E-state index is 11.0. The maximum Gasteiger partial charge on any atom is 0.314 e. The second kappa shape index (κ2) is 4.16. The van der Waals surface area contributed by atoms with E-state index in [0.717, 1.165) is 12.8 Å². The first-order valence-corrected chi connectivity index (χ1v) is 6.66. The number of nitrogens with zero attached hydrogens (tertiary/aromatic N) is 1. The zero-order chi connectivity index (χ0) is 10.8. The highest BCUT2D eigenvalue weighted by Crippen LogP contribution is 2.17. The lowest BCUT2D eigenvalue weighted by atomic mass is 10.0. The number of carbonyl (C=O) groups excluding carboxylic acids is 1. The molecule has 1 unspecified atom stereocenters. The van der Waals surface area contributed by atoms with Crippen LogP contribution in [0.25, 0.3) is 0 Å². The first-order chi connectivity index (χ1) is 6.38. The summed E-state index contributed by atoms with van der Waals surface area (Å²) in [6.45, 7) is 1.12. The maximum absolute atomic E-state index is 11.0. The molecule has 1 aliphatic heterocycles. The number of nitrogens with two attached hydrogens (primary N) is 1. The summed E-state index contributed by atoms with van der Waals surface area (Å²) in [5, 5.41) is 0. The van der Waals surface area contributed by atoms with Crippen molar-refractivity contribution in [2.24, 2.45) is 11.7 Å². The van der Waals surface area contributed by atoms with Crippen LogP contribution in [0.2, 0.25) is 0 Å². The third kappa shape index (κ3) is 3.53. The average molecular weight is 220 g/mol. The normalized spacial score (nSPS) is 23.5. The Balaban J connectivity index is 2.52. The Labute approximate surface area is 84.2 Å². The summed E-state index contributed by atoms with van der Waals surface area (Å²) in [6, 6.07) is -0.455. The van der Waals surface area contributed by atoms with Gasteiger partial charge < -0.3 is 10.6 Å². The third-order valence-corrected chi connectivity index (χ3v) is 3.45. The summed E-state index contributed by atoms with van der Waals surface area (Å²) in [4.78, 5) is 12.4. The number of likely N-dealkylation sites (tertiary alicyclic amines) is 1. The fourth-order valence-corrected chi connectivity index (χ4v) is 2.96. The zero-order valence-electron chi connectivity index (χ0n) is 8.27. The van der Waals surface area contributed by atoms with E-state index in [-0.39, 0.29) is 11.7 Å². The highest BCUT2D eigenvalue weighted by molar-refractivity contribution is 7.90. The quantitative estimate of drug-likeness (QED) is 0.701. The number of sulfone groups is 1. The van der Waals surface area contributed by atoms with Gasteiger partial charge in [0, 0.05) is 19.3 Å². The largest absolute Gasteiger partial charge is 0.351 e. The lowest BCUT2D eigenvalue weighted by Gasteiger charge is -2.30. The summed E-state index contributed by atoms with van der Waals surface area (Å²) in [6.07, 6.45) is 2.91. The van der Waals surface area contributed by atoms with Crippen molar-refractivity contribution < 1.29 is 13.2 Å². The van der Waals surface area contributed by atoms with Crippen LogP contribution in [0, 0.1) is 5.92 Å². The Kier molecular flexibility index (Phi) is 3.36. The highest BCUT2D eigenvalue weighted by Gasteiger charge is 2.24. The Morgan fingerprint density at radius 2 is 2.21 bits per heavy atom. The first-order valence-electron chi connectivity index (χ1n) is 4.60. The predicted molar refractivity (Wildman–Crippen MR) is 53.6 cm³/mol. The molecule has 82 valence electrons. The second-order valence-electron chi connectivity index (χ2n) is 3.88. The van der Waals surface area contributed by atoms with Crippen LogP contribution in [0.4, 0.5) is 4.79 Å². The van der Waals surface area contributed by atoms with E-state index in [1.165, 1.54) is 11.2 Å².